The zero-order valence-electron chi connectivity index (χ0n) is 13.4. The molecule has 0 aliphatic heterocycles. The molecule has 0 bridgehead atoms. The number of benzene rings is 1. The molecule has 1 aromatic carbocycles. The van der Waals surface area contributed by atoms with Crippen LogP contribution in [0.15, 0.2) is 24.3 Å². The fourth-order valence-electron chi connectivity index (χ4n) is 2.93. The van der Waals surface area contributed by atoms with Crippen LogP contribution in [0, 0.1) is 5.82 Å². The maximum Gasteiger partial charge on any atom is 0.239 e. The van der Waals surface area contributed by atoms with Crippen molar-refractivity contribution in [2.24, 2.45) is 0 Å². The van der Waals surface area contributed by atoms with Gasteiger partial charge in [-0.25, -0.2) is 4.39 Å². The fraction of sp³-hybridized carbons (Fsp3) is 0.556. The summed E-state index contributed by atoms with van der Waals surface area (Å²) in [5, 5.41) is 5.59. The average molecular weight is 320 g/mol. The highest BCUT2D eigenvalue weighted by Gasteiger charge is 2.15. The Kier molecular flexibility index (Phi) is 7.04. The van der Waals surface area contributed by atoms with Crippen LogP contribution in [0.3, 0.4) is 0 Å². The van der Waals surface area contributed by atoms with Gasteiger partial charge in [0.15, 0.2) is 0 Å². The summed E-state index contributed by atoms with van der Waals surface area (Å²) in [5.41, 5.74) is 0.621. The predicted molar refractivity (Wildman–Crippen MR) is 87.4 cm³/mol. The van der Waals surface area contributed by atoms with E-state index in [1.807, 2.05) is 0 Å². The Morgan fingerprint density at radius 2 is 1.83 bits per heavy atom. The number of aryl methyl sites for hydroxylation is 1. The molecule has 2 rings (SSSR count). The summed E-state index contributed by atoms with van der Waals surface area (Å²) in [7, 11) is 0. The van der Waals surface area contributed by atoms with E-state index in [0.29, 0.717) is 24.8 Å². The van der Waals surface area contributed by atoms with Gasteiger partial charge in [0.2, 0.25) is 11.8 Å². The molecular weight excluding hydrogens is 295 g/mol. The van der Waals surface area contributed by atoms with E-state index in [2.05, 4.69) is 10.6 Å². The number of hydrogen-bond acceptors (Lipinski definition) is 2. The Balaban J connectivity index is 1.59. The summed E-state index contributed by atoms with van der Waals surface area (Å²) in [5.74, 6) is -0.528. The van der Waals surface area contributed by atoms with Crippen LogP contribution in [0.5, 0.6) is 0 Å². The molecule has 1 aliphatic carbocycles. The van der Waals surface area contributed by atoms with Gasteiger partial charge in [-0.2, -0.15) is 0 Å². The quantitative estimate of drug-likeness (QED) is 0.811. The van der Waals surface area contributed by atoms with E-state index in [1.54, 1.807) is 18.2 Å². The van der Waals surface area contributed by atoms with Crippen LogP contribution in [0.2, 0.25) is 0 Å². The van der Waals surface area contributed by atoms with Gasteiger partial charge in [-0.05, 0) is 37.3 Å². The van der Waals surface area contributed by atoms with Crippen molar-refractivity contribution in [2.75, 3.05) is 6.54 Å². The number of nitrogens with one attached hydrogen (secondary N) is 2. The van der Waals surface area contributed by atoms with Gasteiger partial charge >= 0.3 is 0 Å². The molecule has 1 aliphatic rings. The molecule has 5 heteroatoms. The van der Waals surface area contributed by atoms with Crippen LogP contribution in [0.4, 0.5) is 4.39 Å². The maximum atomic E-state index is 13.4. The van der Waals surface area contributed by atoms with Crippen LogP contribution in [0.25, 0.3) is 0 Å². The average Bonchev–Trinajstić information content (AvgIpc) is 2.56. The van der Waals surface area contributed by atoms with E-state index in [0.717, 1.165) is 25.7 Å². The highest BCUT2D eigenvalue weighted by Crippen LogP contribution is 2.17. The molecule has 4 nitrogen and oxygen atoms in total. The van der Waals surface area contributed by atoms with E-state index in [9.17, 15) is 14.0 Å². The summed E-state index contributed by atoms with van der Waals surface area (Å²) < 4.78 is 13.4. The normalized spacial score (nSPS) is 15.2. The Labute approximate surface area is 136 Å². The Morgan fingerprint density at radius 1 is 1.09 bits per heavy atom. The van der Waals surface area contributed by atoms with E-state index >= 15 is 0 Å². The van der Waals surface area contributed by atoms with Crippen LogP contribution in [-0.2, 0) is 16.0 Å². The third-order valence-corrected chi connectivity index (χ3v) is 4.22. The molecule has 0 saturated heterocycles. The molecule has 1 fully saturated rings. The number of amides is 2. The predicted octanol–water partition coefficient (Wildman–Crippen LogP) is 2.71. The SMILES string of the molecule is O=C(CCCc1ccccc1F)NCC(=O)NC1CCCCC1. The van der Waals surface area contributed by atoms with E-state index < -0.39 is 0 Å². The molecule has 126 valence electrons. The minimum absolute atomic E-state index is 0.0228. The molecule has 0 unspecified atom stereocenters. The largest absolute Gasteiger partial charge is 0.352 e. The molecule has 2 N–H and O–H groups in total. The smallest absolute Gasteiger partial charge is 0.239 e. The minimum atomic E-state index is -0.236. The summed E-state index contributed by atoms with van der Waals surface area (Å²) in [4.78, 5) is 23.5. The zero-order chi connectivity index (χ0) is 16.5. The lowest BCUT2D eigenvalue weighted by Crippen LogP contribution is -2.42. The van der Waals surface area contributed by atoms with Crippen LogP contribution in [0.1, 0.15) is 50.5 Å². The second-order valence-electron chi connectivity index (χ2n) is 6.12. The van der Waals surface area contributed by atoms with Crippen molar-refractivity contribution in [3.8, 4) is 0 Å². The number of carbonyl (C=O) groups excluding carboxylic acids is 2. The third-order valence-electron chi connectivity index (χ3n) is 4.22. The summed E-state index contributed by atoms with van der Waals surface area (Å²) in [6, 6.07) is 6.84. The molecule has 2 amide bonds. The van der Waals surface area contributed by atoms with E-state index in [1.165, 1.54) is 12.5 Å². The Morgan fingerprint density at radius 3 is 2.57 bits per heavy atom. The lowest BCUT2D eigenvalue weighted by Gasteiger charge is -2.22. The van der Waals surface area contributed by atoms with Crippen LogP contribution < -0.4 is 10.6 Å². The first-order chi connectivity index (χ1) is 11.1. The highest BCUT2D eigenvalue weighted by atomic mass is 19.1. The monoisotopic (exact) mass is 320 g/mol. The molecule has 0 aromatic heterocycles. The summed E-state index contributed by atoms with van der Waals surface area (Å²) in [6.07, 6.45) is 7.01. The lowest BCUT2D eigenvalue weighted by atomic mass is 9.95. The van der Waals surface area contributed by atoms with Crippen LogP contribution in [-0.4, -0.2) is 24.4 Å². The van der Waals surface area contributed by atoms with Gasteiger partial charge < -0.3 is 10.6 Å². The molecule has 1 saturated carbocycles. The van der Waals surface area contributed by atoms with Crippen molar-refractivity contribution >= 4 is 11.8 Å². The fourth-order valence-corrected chi connectivity index (χ4v) is 2.93. The molecule has 0 heterocycles. The van der Waals surface area contributed by atoms with Gasteiger partial charge in [-0.15, -0.1) is 0 Å². The maximum absolute atomic E-state index is 13.4. The third kappa shape index (κ3) is 6.38. The van der Waals surface area contributed by atoms with Gasteiger partial charge in [0.25, 0.3) is 0 Å². The van der Waals surface area contributed by atoms with E-state index in [4.69, 9.17) is 0 Å². The van der Waals surface area contributed by atoms with Gasteiger partial charge in [-0.1, -0.05) is 37.5 Å². The molecule has 0 radical (unpaired) electrons. The van der Waals surface area contributed by atoms with Crippen LogP contribution >= 0.6 is 0 Å². The lowest BCUT2D eigenvalue weighted by molar-refractivity contribution is -0.126. The van der Waals surface area contributed by atoms with Crippen molar-refractivity contribution < 1.29 is 14.0 Å². The molecule has 23 heavy (non-hydrogen) atoms. The van der Waals surface area contributed by atoms with Crippen molar-refractivity contribution in [1.29, 1.82) is 0 Å². The standard InChI is InChI=1S/C18H25FN2O2/c19-16-11-5-4-7-14(16)8-6-12-17(22)20-13-18(23)21-15-9-2-1-3-10-15/h4-5,7,11,15H,1-3,6,8-10,12-13H2,(H,20,22)(H,21,23). The van der Waals surface area contributed by atoms with E-state index in [-0.39, 0.29) is 30.2 Å². The first-order valence-electron chi connectivity index (χ1n) is 8.44. The topological polar surface area (TPSA) is 58.2 Å². The summed E-state index contributed by atoms with van der Waals surface area (Å²) >= 11 is 0. The molecular formula is C18H25FN2O2. The number of hydrogen-bond donors (Lipinski definition) is 2. The van der Waals surface area contributed by atoms with Crippen molar-refractivity contribution in [3.63, 3.8) is 0 Å². The first-order valence-corrected chi connectivity index (χ1v) is 8.44. The Bertz CT molecular complexity index is 528. The van der Waals surface area contributed by atoms with Gasteiger partial charge in [0.1, 0.15) is 5.82 Å². The van der Waals surface area contributed by atoms with Crippen molar-refractivity contribution in [2.45, 2.75) is 57.4 Å². The molecule has 1 aromatic rings. The second kappa shape index (κ2) is 9.28. The van der Waals surface area contributed by atoms with Crippen molar-refractivity contribution in [1.82, 2.24) is 10.6 Å². The van der Waals surface area contributed by atoms with Gasteiger partial charge in [-0.3, -0.25) is 9.59 Å². The highest BCUT2D eigenvalue weighted by molar-refractivity contribution is 5.84. The molecule has 0 spiro atoms. The number of halogens is 1. The summed E-state index contributed by atoms with van der Waals surface area (Å²) in [6.45, 7) is 0.0228. The minimum Gasteiger partial charge on any atom is -0.352 e. The van der Waals surface area contributed by atoms with Gasteiger partial charge in [0.05, 0.1) is 6.54 Å². The number of carbonyl (C=O) groups is 2. The second-order valence-corrected chi connectivity index (χ2v) is 6.12. The zero-order valence-corrected chi connectivity index (χ0v) is 13.4. The Hall–Kier alpha value is -1.91. The number of rotatable bonds is 7. The van der Waals surface area contributed by atoms with Crippen molar-refractivity contribution in [3.05, 3.63) is 35.6 Å². The molecule has 0 atom stereocenters. The van der Waals surface area contributed by atoms with Gasteiger partial charge in [0, 0.05) is 12.5 Å². The first kappa shape index (κ1) is 17.4.